The molecule has 0 aliphatic carbocycles. The van der Waals surface area contributed by atoms with Crippen molar-refractivity contribution in [2.24, 2.45) is 0 Å². The van der Waals surface area contributed by atoms with Gasteiger partial charge in [-0.3, -0.25) is 0 Å². The van der Waals surface area contributed by atoms with Crippen LogP contribution in [0.15, 0.2) is 97.1 Å². The fourth-order valence-electron chi connectivity index (χ4n) is 5.72. The summed E-state index contributed by atoms with van der Waals surface area (Å²) in [5, 5.41) is 33.7. The van der Waals surface area contributed by atoms with Gasteiger partial charge in [0.2, 0.25) is 0 Å². The molecule has 5 nitrogen and oxygen atoms in total. The first-order valence-corrected chi connectivity index (χ1v) is 12.2. The summed E-state index contributed by atoms with van der Waals surface area (Å²) in [6.07, 6.45) is 0. The maximum absolute atomic E-state index is 13.8. The summed E-state index contributed by atoms with van der Waals surface area (Å²) in [6, 6.07) is 36.0. The van der Waals surface area contributed by atoms with Crippen molar-refractivity contribution in [1.29, 1.82) is 15.8 Å². The Kier molecular flexibility index (Phi) is 4.76. The minimum Gasteiger partial charge on any atom is -0.309 e. The standard InChI is InChI=1S/C33H16FN5/c34-23-9-11-24(12-10-23)38-29-8-4-2-6-27(29)31-30(38)14-13-26-25-5-1-3-7-28(25)39(33(26)31)32-21(18-36)15-20(17-35)16-22(32)19-37/h1-16H. The molecule has 0 saturated heterocycles. The van der Waals surface area contributed by atoms with Gasteiger partial charge in [-0.2, -0.15) is 15.8 Å². The van der Waals surface area contributed by atoms with E-state index in [1.807, 2.05) is 53.1 Å². The van der Waals surface area contributed by atoms with Crippen LogP contribution in [-0.2, 0) is 0 Å². The van der Waals surface area contributed by atoms with Gasteiger partial charge in [0.1, 0.15) is 18.0 Å². The van der Waals surface area contributed by atoms with Gasteiger partial charge in [0.15, 0.2) is 0 Å². The molecule has 2 heterocycles. The lowest BCUT2D eigenvalue weighted by atomic mass is 10.0. The van der Waals surface area contributed by atoms with Crippen LogP contribution in [0.5, 0.6) is 0 Å². The van der Waals surface area contributed by atoms with E-state index >= 15 is 0 Å². The number of halogens is 1. The van der Waals surface area contributed by atoms with Crippen LogP contribution in [0.2, 0.25) is 0 Å². The van der Waals surface area contributed by atoms with E-state index in [4.69, 9.17) is 0 Å². The lowest BCUT2D eigenvalue weighted by molar-refractivity contribution is 0.627. The Bertz CT molecular complexity index is 2230. The molecular weight excluding hydrogens is 485 g/mol. The molecule has 0 spiro atoms. The molecule has 39 heavy (non-hydrogen) atoms. The van der Waals surface area contributed by atoms with Gasteiger partial charge in [-0.1, -0.05) is 42.5 Å². The highest BCUT2D eigenvalue weighted by atomic mass is 19.1. The van der Waals surface area contributed by atoms with Gasteiger partial charge in [-0.25, -0.2) is 4.39 Å². The quantitative estimate of drug-likeness (QED) is 0.244. The van der Waals surface area contributed by atoms with Crippen molar-refractivity contribution in [1.82, 2.24) is 9.13 Å². The highest BCUT2D eigenvalue weighted by Crippen LogP contribution is 2.42. The number of rotatable bonds is 2. The Balaban J connectivity index is 1.76. The summed E-state index contributed by atoms with van der Waals surface area (Å²) >= 11 is 0. The third-order valence-electron chi connectivity index (χ3n) is 7.26. The minimum atomic E-state index is -0.309. The zero-order valence-corrected chi connectivity index (χ0v) is 20.4. The van der Waals surface area contributed by atoms with Crippen molar-refractivity contribution in [3.8, 4) is 29.6 Å². The van der Waals surface area contributed by atoms with Gasteiger partial charge in [-0.05, 0) is 54.6 Å². The molecule has 180 valence electrons. The Labute approximate surface area is 222 Å². The number of nitriles is 3. The number of fused-ring (bicyclic) bond motifs is 7. The van der Waals surface area contributed by atoms with E-state index < -0.39 is 0 Å². The number of para-hydroxylation sites is 2. The van der Waals surface area contributed by atoms with Crippen molar-refractivity contribution in [2.75, 3.05) is 0 Å². The molecule has 0 radical (unpaired) electrons. The monoisotopic (exact) mass is 501 g/mol. The lowest BCUT2D eigenvalue weighted by Gasteiger charge is -2.13. The Morgan fingerprint density at radius 1 is 0.564 bits per heavy atom. The largest absolute Gasteiger partial charge is 0.309 e. The summed E-state index contributed by atoms with van der Waals surface area (Å²) in [4.78, 5) is 0. The van der Waals surface area contributed by atoms with E-state index in [1.54, 1.807) is 12.1 Å². The topological polar surface area (TPSA) is 81.2 Å². The molecule has 6 heteroatoms. The normalized spacial score (nSPS) is 11.1. The Morgan fingerprint density at radius 3 is 1.82 bits per heavy atom. The molecule has 0 unspecified atom stereocenters. The average Bonchev–Trinajstić information content (AvgIpc) is 3.49. The van der Waals surface area contributed by atoms with Gasteiger partial charge in [0.05, 0.1) is 50.5 Å². The first kappa shape index (κ1) is 22.3. The molecular formula is C33H16FN5. The van der Waals surface area contributed by atoms with E-state index in [0.29, 0.717) is 5.69 Å². The zero-order valence-electron chi connectivity index (χ0n) is 20.4. The van der Waals surface area contributed by atoms with Crippen LogP contribution in [0.3, 0.4) is 0 Å². The lowest BCUT2D eigenvalue weighted by Crippen LogP contribution is -2.02. The highest BCUT2D eigenvalue weighted by Gasteiger charge is 2.23. The van der Waals surface area contributed by atoms with Crippen molar-refractivity contribution in [2.45, 2.75) is 0 Å². The Morgan fingerprint density at radius 2 is 1.18 bits per heavy atom. The fourth-order valence-corrected chi connectivity index (χ4v) is 5.72. The summed E-state index contributed by atoms with van der Waals surface area (Å²) in [6.45, 7) is 0. The molecule has 0 saturated carbocycles. The maximum Gasteiger partial charge on any atom is 0.123 e. The number of nitrogens with zero attached hydrogens (tertiary/aromatic N) is 5. The molecule has 0 atom stereocenters. The van der Waals surface area contributed by atoms with Crippen molar-refractivity contribution < 1.29 is 4.39 Å². The predicted molar refractivity (Wildman–Crippen MR) is 149 cm³/mol. The fraction of sp³-hybridized carbons (Fsp3) is 0. The molecule has 0 aliphatic heterocycles. The van der Waals surface area contributed by atoms with Crippen LogP contribution in [0, 0.1) is 39.8 Å². The van der Waals surface area contributed by atoms with E-state index in [1.165, 1.54) is 24.3 Å². The van der Waals surface area contributed by atoms with Gasteiger partial charge in [-0.15, -0.1) is 0 Å². The molecule has 7 rings (SSSR count). The highest BCUT2D eigenvalue weighted by molar-refractivity contribution is 6.26. The Hall–Kier alpha value is -5.90. The van der Waals surface area contributed by atoms with Crippen LogP contribution < -0.4 is 0 Å². The number of hydrogen-bond donors (Lipinski definition) is 0. The van der Waals surface area contributed by atoms with Gasteiger partial charge < -0.3 is 9.13 Å². The molecule has 0 N–H and O–H groups in total. The third kappa shape index (κ3) is 3.08. The molecule has 0 amide bonds. The van der Waals surface area contributed by atoms with E-state index in [9.17, 15) is 20.2 Å². The second kappa shape index (κ2) is 8.32. The number of hydrogen-bond acceptors (Lipinski definition) is 3. The minimum absolute atomic E-state index is 0.243. The van der Waals surface area contributed by atoms with Crippen LogP contribution in [-0.4, -0.2) is 9.13 Å². The first-order valence-electron chi connectivity index (χ1n) is 12.2. The SMILES string of the molecule is N#Cc1cc(C#N)c(-n2c3ccccc3c3ccc4c(c5ccccc5n4-c4ccc(F)cc4)c32)c(C#N)c1. The first-order chi connectivity index (χ1) is 19.1. The van der Waals surface area contributed by atoms with Crippen molar-refractivity contribution >= 4 is 43.6 Å². The van der Waals surface area contributed by atoms with E-state index in [2.05, 4.69) is 34.9 Å². The van der Waals surface area contributed by atoms with Gasteiger partial charge >= 0.3 is 0 Å². The molecule has 7 aromatic rings. The molecule has 0 fully saturated rings. The van der Waals surface area contributed by atoms with Gasteiger partial charge in [0.25, 0.3) is 0 Å². The zero-order chi connectivity index (χ0) is 26.7. The summed E-state index contributed by atoms with van der Waals surface area (Å²) < 4.78 is 17.9. The van der Waals surface area contributed by atoms with Gasteiger partial charge in [0, 0.05) is 27.2 Å². The van der Waals surface area contributed by atoms with Crippen molar-refractivity contribution in [3.05, 3.63) is 120 Å². The summed E-state index contributed by atoms with van der Waals surface area (Å²) in [7, 11) is 0. The van der Waals surface area contributed by atoms with E-state index in [-0.39, 0.29) is 22.5 Å². The molecule has 2 aromatic heterocycles. The van der Waals surface area contributed by atoms with E-state index in [0.717, 1.165) is 49.3 Å². The molecule has 0 bridgehead atoms. The van der Waals surface area contributed by atoms with Crippen LogP contribution in [0.25, 0.3) is 55.0 Å². The summed E-state index contributed by atoms with van der Waals surface area (Å²) in [5.41, 5.74) is 5.55. The smallest absolute Gasteiger partial charge is 0.123 e. The third-order valence-corrected chi connectivity index (χ3v) is 7.26. The van der Waals surface area contributed by atoms with Crippen LogP contribution >= 0.6 is 0 Å². The van der Waals surface area contributed by atoms with Crippen molar-refractivity contribution in [3.63, 3.8) is 0 Å². The average molecular weight is 502 g/mol. The molecule has 0 aliphatic rings. The number of aromatic nitrogens is 2. The summed E-state index contributed by atoms with van der Waals surface area (Å²) in [5.74, 6) is -0.309. The second-order valence-electron chi connectivity index (χ2n) is 9.29. The van der Waals surface area contributed by atoms with Crippen LogP contribution in [0.4, 0.5) is 4.39 Å². The molecule has 5 aromatic carbocycles. The van der Waals surface area contributed by atoms with Crippen LogP contribution in [0.1, 0.15) is 16.7 Å². The second-order valence-corrected chi connectivity index (χ2v) is 9.29. The maximum atomic E-state index is 13.8. The predicted octanol–water partition coefficient (Wildman–Crippen LogP) is 7.63. The number of benzene rings is 5.